The summed E-state index contributed by atoms with van der Waals surface area (Å²) in [5.74, 6) is -0.229. The smallest absolute Gasteiger partial charge is 0.311 e. The maximum atomic E-state index is 12.3. The van der Waals surface area contributed by atoms with Gasteiger partial charge in [0.25, 0.3) is 0 Å². The summed E-state index contributed by atoms with van der Waals surface area (Å²) in [5, 5.41) is 9.55. The lowest BCUT2D eigenvalue weighted by atomic mass is 9.81. The van der Waals surface area contributed by atoms with E-state index >= 15 is 0 Å². The first-order valence-electron chi connectivity index (χ1n) is 7.85. The number of carboxylic acids is 1. The normalized spacial score (nSPS) is 34.2. The van der Waals surface area contributed by atoms with Crippen LogP contribution in [0.15, 0.2) is 0 Å². The first-order valence-corrected chi connectivity index (χ1v) is 7.85. The molecule has 2 saturated heterocycles. The number of rotatable bonds is 3. The van der Waals surface area contributed by atoms with Crippen LogP contribution >= 0.6 is 0 Å². The first-order chi connectivity index (χ1) is 9.62. The van der Waals surface area contributed by atoms with E-state index in [1.54, 1.807) is 0 Å². The molecule has 0 aromatic carbocycles. The van der Waals surface area contributed by atoms with Crippen molar-refractivity contribution in [3.63, 3.8) is 0 Å². The second kappa shape index (κ2) is 5.35. The van der Waals surface area contributed by atoms with Crippen LogP contribution in [0, 0.1) is 11.3 Å². The molecule has 3 rings (SSSR count). The fraction of sp³-hybridized carbons (Fsp3) is 0.867. The fourth-order valence-electron chi connectivity index (χ4n) is 4.30. The molecule has 1 aliphatic carbocycles. The number of nitrogens with zero attached hydrogens (tertiary/aromatic N) is 2. The Morgan fingerprint density at radius 3 is 2.55 bits per heavy atom. The van der Waals surface area contributed by atoms with E-state index in [1.165, 1.54) is 6.42 Å². The third-order valence-electron chi connectivity index (χ3n) is 5.43. The van der Waals surface area contributed by atoms with Crippen LogP contribution in [0.4, 0.5) is 0 Å². The molecule has 3 fully saturated rings. The van der Waals surface area contributed by atoms with Gasteiger partial charge in [-0.05, 0) is 38.0 Å². The minimum absolute atomic E-state index is 0.185. The average Bonchev–Trinajstić information content (AvgIpc) is 2.97. The Morgan fingerprint density at radius 2 is 1.90 bits per heavy atom. The van der Waals surface area contributed by atoms with E-state index in [0.29, 0.717) is 13.1 Å². The molecule has 0 bridgehead atoms. The molecule has 0 unspecified atom stereocenters. The molecule has 0 aromatic heterocycles. The number of carbonyl (C=O) groups excluding carboxylic acids is 1. The number of aliphatic carboxylic acids is 1. The highest BCUT2D eigenvalue weighted by Crippen LogP contribution is 2.48. The molecule has 2 heterocycles. The number of amides is 1. The lowest BCUT2D eigenvalue weighted by molar-refractivity contribution is -0.149. The van der Waals surface area contributed by atoms with E-state index in [4.69, 9.17) is 0 Å². The van der Waals surface area contributed by atoms with Crippen molar-refractivity contribution in [2.24, 2.45) is 11.3 Å². The van der Waals surface area contributed by atoms with Crippen molar-refractivity contribution in [3.8, 4) is 0 Å². The van der Waals surface area contributed by atoms with Crippen LogP contribution in [0.2, 0.25) is 0 Å². The number of fused-ring (bicyclic) bond motifs is 1. The summed E-state index contributed by atoms with van der Waals surface area (Å²) in [5.41, 5.74) is -0.567. The summed E-state index contributed by atoms with van der Waals surface area (Å²) in [6.07, 6.45) is 6.23. The van der Waals surface area contributed by atoms with E-state index < -0.39 is 11.4 Å². The van der Waals surface area contributed by atoms with Gasteiger partial charge in [0.05, 0.1) is 12.0 Å². The molecule has 1 saturated carbocycles. The van der Waals surface area contributed by atoms with Crippen LogP contribution in [0.1, 0.15) is 38.5 Å². The summed E-state index contributed by atoms with van der Waals surface area (Å²) in [6.45, 7) is 3.50. The van der Waals surface area contributed by atoms with E-state index in [9.17, 15) is 14.7 Å². The van der Waals surface area contributed by atoms with Crippen molar-refractivity contribution in [2.75, 3.05) is 32.7 Å². The van der Waals surface area contributed by atoms with Crippen LogP contribution in [0.3, 0.4) is 0 Å². The Bertz CT molecular complexity index is 406. The molecule has 1 amide bonds. The van der Waals surface area contributed by atoms with Crippen molar-refractivity contribution in [1.82, 2.24) is 9.80 Å². The molecule has 0 aromatic rings. The fourth-order valence-corrected chi connectivity index (χ4v) is 4.30. The zero-order chi connectivity index (χ0) is 14.2. The van der Waals surface area contributed by atoms with Gasteiger partial charge < -0.3 is 10.0 Å². The van der Waals surface area contributed by atoms with Gasteiger partial charge in [-0.1, -0.05) is 6.42 Å². The van der Waals surface area contributed by atoms with Gasteiger partial charge in [0.15, 0.2) is 0 Å². The maximum absolute atomic E-state index is 12.3. The standard InChI is InChI=1S/C15H24N2O3/c18-13(17-7-2-1-3-8-17)10-16-9-12-5-4-6-15(12,11-16)14(19)20/h12H,1-11H2,(H,19,20)/t12-,15+/m0/s1. The number of hydrogen-bond acceptors (Lipinski definition) is 3. The Morgan fingerprint density at radius 1 is 1.15 bits per heavy atom. The van der Waals surface area contributed by atoms with Gasteiger partial charge in [0.1, 0.15) is 0 Å². The number of hydrogen-bond donors (Lipinski definition) is 1. The van der Waals surface area contributed by atoms with E-state index in [1.807, 2.05) is 4.90 Å². The summed E-state index contributed by atoms with van der Waals surface area (Å²) in [4.78, 5) is 27.9. The SMILES string of the molecule is O=C(CN1C[C@@H]2CCC[C@@]2(C(=O)O)C1)N1CCCCC1. The molecule has 1 N–H and O–H groups in total. The number of carbonyl (C=O) groups is 2. The topological polar surface area (TPSA) is 60.9 Å². The summed E-state index contributed by atoms with van der Waals surface area (Å²) >= 11 is 0. The molecule has 0 radical (unpaired) electrons. The third kappa shape index (κ3) is 2.32. The molecule has 2 aliphatic heterocycles. The highest BCUT2D eigenvalue weighted by molar-refractivity contribution is 5.79. The molecule has 2 atom stereocenters. The molecule has 112 valence electrons. The van der Waals surface area contributed by atoms with Crippen LogP contribution in [-0.2, 0) is 9.59 Å². The van der Waals surface area contributed by atoms with Gasteiger partial charge >= 0.3 is 5.97 Å². The van der Waals surface area contributed by atoms with Gasteiger partial charge in [-0.15, -0.1) is 0 Å². The zero-order valence-corrected chi connectivity index (χ0v) is 12.0. The Balaban J connectivity index is 1.60. The van der Waals surface area contributed by atoms with Gasteiger partial charge in [-0.3, -0.25) is 14.5 Å². The molecule has 3 aliphatic rings. The molecule has 5 nitrogen and oxygen atoms in total. The summed E-state index contributed by atoms with van der Waals surface area (Å²) in [7, 11) is 0. The quantitative estimate of drug-likeness (QED) is 0.843. The Kier molecular flexibility index (Phi) is 3.71. The lowest BCUT2D eigenvalue weighted by Gasteiger charge is -2.29. The third-order valence-corrected chi connectivity index (χ3v) is 5.43. The van der Waals surface area contributed by atoms with E-state index in [-0.39, 0.29) is 11.8 Å². The molecule has 20 heavy (non-hydrogen) atoms. The highest BCUT2D eigenvalue weighted by atomic mass is 16.4. The predicted molar refractivity (Wildman–Crippen MR) is 74.3 cm³/mol. The van der Waals surface area contributed by atoms with Crippen LogP contribution < -0.4 is 0 Å². The average molecular weight is 280 g/mol. The number of carboxylic acid groups (broad SMARTS) is 1. The summed E-state index contributed by atoms with van der Waals surface area (Å²) in [6, 6.07) is 0. The monoisotopic (exact) mass is 280 g/mol. The van der Waals surface area contributed by atoms with E-state index in [0.717, 1.165) is 51.7 Å². The minimum Gasteiger partial charge on any atom is -0.481 e. The summed E-state index contributed by atoms with van der Waals surface area (Å²) < 4.78 is 0. The van der Waals surface area contributed by atoms with Crippen molar-refractivity contribution >= 4 is 11.9 Å². The van der Waals surface area contributed by atoms with Crippen LogP contribution in [0.5, 0.6) is 0 Å². The van der Waals surface area contributed by atoms with Crippen molar-refractivity contribution in [3.05, 3.63) is 0 Å². The van der Waals surface area contributed by atoms with Crippen molar-refractivity contribution < 1.29 is 14.7 Å². The largest absolute Gasteiger partial charge is 0.481 e. The first kappa shape index (κ1) is 13.9. The highest BCUT2D eigenvalue weighted by Gasteiger charge is 2.54. The molecular weight excluding hydrogens is 256 g/mol. The van der Waals surface area contributed by atoms with Crippen molar-refractivity contribution in [1.29, 1.82) is 0 Å². The second-order valence-electron chi connectivity index (χ2n) is 6.66. The van der Waals surface area contributed by atoms with Crippen LogP contribution in [-0.4, -0.2) is 59.5 Å². The second-order valence-corrected chi connectivity index (χ2v) is 6.66. The molecule has 0 spiro atoms. The number of likely N-dealkylation sites (tertiary alicyclic amines) is 2. The Hall–Kier alpha value is -1.10. The van der Waals surface area contributed by atoms with Crippen molar-refractivity contribution in [2.45, 2.75) is 38.5 Å². The van der Waals surface area contributed by atoms with Gasteiger partial charge in [-0.2, -0.15) is 0 Å². The van der Waals surface area contributed by atoms with Gasteiger partial charge in [-0.25, -0.2) is 0 Å². The van der Waals surface area contributed by atoms with E-state index in [2.05, 4.69) is 4.90 Å². The number of piperidine rings is 1. The van der Waals surface area contributed by atoms with Gasteiger partial charge in [0, 0.05) is 26.2 Å². The van der Waals surface area contributed by atoms with Crippen LogP contribution in [0.25, 0.3) is 0 Å². The predicted octanol–water partition coefficient (Wildman–Crippen LogP) is 1.19. The lowest BCUT2D eigenvalue weighted by Crippen LogP contribution is -2.43. The molecular formula is C15H24N2O3. The molecule has 5 heteroatoms. The maximum Gasteiger partial charge on any atom is 0.311 e. The zero-order valence-electron chi connectivity index (χ0n) is 12.0. The minimum atomic E-state index is -0.659. The Labute approximate surface area is 119 Å². The van der Waals surface area contributed by atoms with Gasteiger partial charge in [0.2, 0.25) is 5.91 Å².